The van der Waals surface area contributed by atoms with Crippen LogP contribution in [0.15, 0.2) is 146 Å². The molecule has 0 spiro atoms. The molecule has 1 heteroatoms. The highest BCUT2D eigenvalue weighted by molar-refractivity contribution is 5.98. The minimum Gasteiger partial charge on any atom is -0.309 e. The molecule has 49 heavy (non-hydrogen) atoms. The van der Waals surface area contributed by atoms with Crippen molar-refractivity contribution in [2.75, 3.05) is 4.90 Å². The van der Waals surface area contributed by atoms with Gasteiger partial charge in [-0.3, -0.25) is 0 Å². The van der Waals surface area contributed by atoms with Crippen LogP contribution in [0, 0.1) is 11.8 Å². The first-order chi connectivity index (χ1) is 24.2. The standard InChI is InChI=1S/C48H45N/c1-3-48(4-2)45-21-12-11-18-42(45)43-29-28-39(32-46(43)48)49(38-26-24-36(25-27-38)44-31-33-22-23-37(44)30-33)47-40(34-14-7-5-8-15-34)19-13-20-41(47)35-16-9-6-10-17-35/h5-21,24-29,32-33,37,44H,3-4,22-23,30-31H2,1-2H3. The SMILES string of the molecule is CCC1(CC)c2ccccc2-c2ccc(N(c3ccc(C4CC5CCC4C5)cc3)c3c(-c4ccccc4)cccc3-c3ccccc3)cc21. The maximum Gasteiger partial charge on any atom is 0.0618 e. The van der Waals surface area contributed by atoms with Gasteiger partial charge < -0.3 is 4.90 Å². The first kappa shape index (κ1) is 30.2. The normalized spacial score (nSPS) is 19.8. The number of hydrogen-bond acceptors (Lipinski definition) is 1. The summed E-state index contributed by atoms with van der Waals surface area (Å²) in [6, 6.07) is 54.8. The van der Waals surface area contributed by atoms with E-state index in [9.17, 15) is 0 Å². The van der Waals surface area contributed by atoms with Crippen LogP contribution in [0.4, 0.5) is 17.1 Å². The molecule has 0 heterocycles. The lowest BCUT2D eigenvalue weighted by Crippen LogP contribution is -2.23. The zero-order chi connectivity index (χ0) is 33.0. The van der Waals surface area contributed by atoms with E-state index in [1.54, 1.807) is 0 Å². The van der Waals surface area contributed by atoms with E-state index < -0.39 is 0 Å². The number of hydrogen-bond donors (Lipinski definition) is 0. The van der Waals surface area contributed by atoms with Crippen molar-refractivity contribution in [3.05, 3.63) is 162 Å². The first-order valence-corrected chi connectivity index (χ1v) is 18.6. The summed E-state index contributed by atoms with van der Waals surface area (Å²) in [5.74, 6) is 2.52. The van der Waals surface area contributed by atoms with Gasteiger partial charge in [0.05, 0.1) is 5.69 Å². The average molecular weight is 636 g/mol. The first-order valence-electron chi connectivity index (χ1n) is 18.6. The van der Waals surface area contributed by atoms with Crippen LogP contribution in [-0.2, 0) is 5.41 Å². The Morgan fingerprint density at radius 1 is 0.531 bits per heavy atom. The molecular formula is C48H45N. The molecule has 0 radical (unpaired) electrons. The zero-order valence-corrected chi connectivity index (χ0v) is 28.8. The highest BCUT2D eigenvalue weighted by atomic mass is 15.1. The lowest BCUT2D eigenvalue weighted by molar-refractivity contribution is 0.420. The van der Waals surface area contributed by atoms with Gasteiger partial charge in [0.25, 0.3) is 0 Å². The van der Waals surface area contributed by atoms with Crippen LogP contribution >= 0.6 is 0 Å². The third kappa shape index (κ3) is 4.89. The van der Waals surface area contributed by atoms with E-state index in [1.807, 2.05) is 0 Å². The van der Waals surface area contributed by atoms with Crippen molar-refractivity contribution in [1.29, 1.82) is 0 Å². The van der Waals surface area contributed by atoms with Gasteiger partial charge in [-0.15, -0.1) is 0 Å². The Bertz CT molecular complexity index is 2050. The molecule has 2 saturated carbocycles. The van der Waals surface area contributed by atoms with Gasteiger partial charge in [0.1, 0.15) is 0 Å². The fourth-order valence-corrected chi connectivity index (χ4v) is 10.0. The molecule has 9 rings (SSSR count). The Morgan fingerprint density at radius 3 is 1.73 bits per heavy atom. The molecule has 2 bridgehead atoms. The van der Waals surface area contributed by atoms with Crippen molar-refractivity contribution in [2.24, 2.45) is 11.8 Å². The highest BCUT2D eigenvalue weighted by Crippen LogP contribution is 2.56. The van der Waals surface area contributed by atoms with Crippen LogP contribution in [0.25, 0.3) is 33.4 Å². The van der Waals surface area contributed by atoms with Gasteiger partial charge in [0.2, 0.25) is 0 Å². The van der Waals surface area contributed by atoms with Crippen molar-refractivity contribution < 1.29 is 0 Å². The molecule has 0 saturated heterocycles. The summed E-state index contributed by atoms with van der Waals surface area (Å²) in [6.45, 7) is 4.74. The summed E-state index contributed by atoms with van der Waals surface area (Å²) in [4.78, 5) is 2.56. The third-order valence-electron chi connectivity index (χ3n) is 12.5. The Hall–Kier alpha value is -4.88. The summed E-state index contributed by atoms with van der Waals surface area (Å²) in [5, 5.41) is 0. The number of rotatable bonds is 8. The van der Waals surface area contributed by atoms with E-state index in [0.29, 0.717) is 5.92 Å². The summed E-state index contributed by atoms with van der Waals surface area (Å²) in [6.07, 6.45) is 7.78. The number of nitrogens with zero attached hydrogens (tertiary/aromatic N) is 1. The van der Waals surface area contributed by atoms with Gasteiger partial charge in [-0.2, -0.15) is 0 Å². The molecule has 3 unspecified atom stereocenters. The van der Waals surface area contributed by atoms with Gasteiger partial charge in [-0.05, 0) is 113 Å². The Labute approximate surface area is 292 Å². The topological polar surface area (TPSA) is 3.24 Å². The van der Waals surface area contributed by atoms with Gasteiger partial charge >= 0.3 is 0 Å². The van der Waals surface area contributed by atoms with Crippen molar-refractivity contribution in [3.63, 3.8) is 0 Å². The van der Waals surface area contributed by atoms with Crippen LogP contribution in [0.2, 0.25) is 0 Å². The molecule has 0 aromatic heterocycles. The second-order valence-electron chi connectivity index (χ2n) is 14.7. The number of benzene rings is 6. The fourth-order valence-electron chi connectivity index (χ4n) is 10.0. The quantitative estimate of drug-likeness (QED) is 0.161. The van der Waals surface area contributed by atoms with Crippen LogP contribution < -0.4 is 4.90 Å². The minimum absolute atomic E-state index is 0.000456. The van der Waals surface area contributed by atoms with Gasteiger partial charge in [-0.25, -0.2) is 0 Å². The van der Waals surface area contributed by atoms with Crippen molar-refractivity contribution in [1.82, 2.24) is 0 Å². The second kappa shape index (κ2) is 12.2. The molecule has 3 aliphatic carbocycles. The number of fused-ring (bicyclic) bond motifs is 5. The zero-order valence-electron chi connectivity index (χ0n) is 28.8. The molecule has 242 valence electrons. The lowest BCUT2D eigenvalue weighted by Gasteiger charge is -2.33. The smallest absolute Gasteiger partial charge is 0.0618 e. The van der Waals surface area contributed by atoms with Gasteiger partial charge in [0, 0.05) is 27.9 Å². The van der Waals surface area contributed by atoms with E-state index >= 15 is 0 Å². The van der Waals surface area contributed by atoms with E-state index in [-0.39, 0.29) is 5.41 Å². The molecule has 0 aliphatic heterocycles. The molecule has 1 nitrogen and oxygen atoms in total. The molecule has 0 amide bonds. The number of para-hydroxylation sites is 1. The average Bonchev–Trinajstić information content (AvgIpc) is 3.89. The van der Waals surface area contributed by atoms with E-state index in [4.69, 9.17) is 0 Å². The summed E-state index contributed by atoms with van der Waals surface area (Å²) >= 11 is 0. The van der Waals surface area contributed by atoms with Crippen molar-refractivity contribution in [2.45, 2.75) is 63.7 Å². The fraction of sp³-hybridized carbons (Fsp3) is 0.250. The Balaban J connectivity index is 1.28. The molecule has 3 atom stereocenters. The summed E-state index contributed by atoms with van der Waals surface area (Å²) < 4.78 is 0. The summed E-state index contributed by atoms with van der Waals surface area (Å²) in [5.41, 5.74) is 15.8. The van der Waals surface area contributed by atoms with Gasteiger partial charge in [0.15, 0.2) is 0 Å². The van der Waals surface area contributed by atoms with Gasteiger partial charge in [-0.1, -0.05) is 142 Å². The van der Waals surface area contributed by atoms with Crippen molar-refractivity contribution >= 4 is 17.1 Å². The van der Waals surface area contributed by atoms with Crippen LogP contribution in [0.1, 0.15) is 75.0 Å². The largest absolute Gasteiger partial charge is 0.309 e. The maximum atomic E-state index is 2.56. The Kier molecular flexibility index (Phi) is 7.53. The third-order valence-corrected chi connectivity index (χ3v) is 12.5. The minimum atomic E-state index is 0.000456. The second-order valence-corrected chi connectivity index (χ2v) is 14.7. The van der Waals surface area contributed by atoms with Crippen LogP contribution in [0.3, 0.4) is 0 Å². The number of anilines is 3. The molecule has 6 aromatic rings. The van der Waals surface area contributed by atoms with E-state index in [2.05, 4.69) is 164 Å². The predicted molar refractivity (Wildman–Crippen MR) is 207 cm³/mol. The van der Waals surface area contributed by atoms with Crippen LogP contribution in [-0.4, -0.2) is 0 Å². The van der Waals surface area contributed by atoms with Crippen molar-refractivity contribution in [3.8, 4) is 33.4 Å². The van der Waals surface area contributed by atoms with Crippen LogP contribution in [0.5, 0.6) is 0 Å². The Morgan fingerprint density at radius 2 is 1.12 bits per heavy atom. The molecule has 3 aliphatic rings. The van der Waals surface area contributed by atoms with E-state index in [0.717, 1.165) is 24.7 Å². The molecule has 2 fully saturated rings. The van der Waals surface area contributed by atoms with E-state index in [1.165, 1.54) is 92.8 Å². The summed E-state index contributed by atoms with van der Waals surface area (Å²) in [7, 11) is 0. The maximum absolute atomic E-state index is 2.56. The molecular weight excluding hydrogens is 591 g/mol. The monoisotopic (exact) mass is 635 g/mol. The molecule has 6 aromatic carbocycles. The highest BCUT2D eigenvalue weighted by Gasteiger charge is 2.42. The molecule has 0 N–H and O–H groups in total. The predicted octanol–water partition coefficient (Wildman–Crippen LogP) is 13.5. The lowest BCUT2D eigenvalue weighted by atomic mass is 9.74.